The molecule has 1 atom stereocenters. The molecule has 0 amide bonds. The molecule has 21 heavy (non-hydrogen) atoms. The van der Waals surface area contributed by atoms with Crippen LogP contribution in [0.15, 0.2) is 53.5 Å². The van der Waals surface area contributed by atoms with Gasteiger partial charge in [0.15, 0.2) is 5.96 Å². The lowest BCUT2D eigenvalue weighted by molar-refractivity contribution is 0.468. The van der Waals surface area contributed by atoms with Crippen molar-refractivity contribution in [1.29, 1.82) is 0 Å². The Bertz CT molecular complexity index is 711. The molecule has 0 aromatic heterocycles. The minimum Gasteiger partial charge on any atom is -0.508 e. The van der Waals surface area contributed by atoms with Crippen LogP contribution in [0.1, 0.15) is 18.1 Å². The predicted molar refractivity (Wildman–Crippen MR) is 85.6 cm³/mol. The Morgan fingerprint density at radius 3 is 2.67 bits per heavy atom. The Balaban J connectivity index is 2.10. The van der Waals surface area contributed by atoms with Crippen molar-refractivity contribution < 1.29 is 5.11 Å². The molecule has 1 unspecified atom stereocenters. The van der Waals surface area contributed by atoms with E-state index in [9.17, 15) is 5.11 Å². The first-order chi connectivity index (χ1) is 10.0. The van der Waals surface area contributed by atoms with Crippen LogP contribution in [0.3, 0.4) is 0 Å². The molecule has 2 aromatic carbocycles. The highest BCUT2D eigenvalue weighted by atomic mass is 16.3. The third-order valence-electron chi connectivity index (χ3n) is 4.00. The summed E-state index contributed by atoms with van der Waals surface area (Å²) in [5, 5.41) is 9.77. The second kappa shape index (κ2) is 4.81. The Kier molecular flexibility index (Phi) is 3.09. The van der Waals surface area contributed by atoms with E-state index in [4.69, 9.17) is 5.73 Å². The Labute approximate surface area is 124 Å². The van der Waals surface area contributed by atoms with E-state index in [0.29, 0.717) is 12.5 Å². The van der Waals surface area contributed by atoms with Crippen molar-refractivity contribution in [2.75, 3.05) is 11.4 Å². The highest BCUT2D eigenvalue weighted by Crippen LogP contribution is 2.37. The average Bonchev–Trinajstić information content (AvgIpc) is 2.76. The minimum atomic E-state index is -0.392. The second-order valence-corrected chi connectivity index (χ2v) is 5.67. The number of nitrogens with two attached hydrogens (primary N) is 1. The fraction of sp³-hybridized carbons (Fsp3) is 0.235. The largest absolute Gasteiger partial charge is 0.508 e. The predicted octanol–water partition coefficient (Wildman–Crippen LogP) is 2.75. The number of aryl methyl sites for hydroxylation is 1. The molecular weight excluding hydrogens is 262 g/mol. The van der Waals surface area contributed by atoms with Crippen molar-refractivity contribution in [1.82, 2.24) is 0 Å². The molecule has 108 valence electrons. The average molecular weight is 281 g/mol. The topological polar surface area (TPSA) is 61.8 Å². The fourth-order valence-corrected chi connectivity index (χ4v) is 2.87. The maximum absolute atomic E-state index is 9.77. The van der Waals surface area contributed by atoms with Gasteiger partial charge < -0.3 is 15.7 Å². The third kappa shape index (κ3) is 2.23. The molecular formula is C17H19N3O. The number of aliphatic imine (C=N–C) groups is 1. The Morgan fingerprint density at radius 1 is 1.19 bits per heavy atom. The van der Waals surface area contributed by atoms with Crippen LogP contribution in [0.4, 0.5) is 5.69 Å². The molecule has 0 spiro atoms. The first-order valence-electron chi connectivity index (χ1n) is 6.97. The third-order valence-corrected chi connectivity index (χ3v) is 4.00. The van der Waals surface area contributed by atoms with Crippen LogP contribution in [-0.2, 0) is 5.54 Å². The standard InChI is InChI=1S/C17H19N3O/c1-12-5-3-7-14(9-12)20-16(18)19-11-17(20,2)13-6-4-8-15(21)10-13/h3-10,21H,11H2,1-2H3,(H2,18,19). The van der Waals surface area contributed by atoms with Crippen molar-refractivity contribution in [2.45, 2.75) is 19.4 Å². The summed E-state index contributed by atoms with van der Waals surface area (Å²) in [7, 11) is 0. The molecule has 0 bridgehead atoms. The molecule has 1 heterocycles. The number of phenolic OH excluding ortho intramolecular Hbond substituents is 1. The van der Waals surface area contributed by atoms with Gasteiger partial charge in [-0.2, -0.15) is 0 Å². The van der Waals surface area contributed by atoms with Gasteiger partial charge in [-0.1, -0.05) is 24.3 Å². The summed E-state index contributed by atoms with van der Waals surface area (Å²) in [4.78, 5) is 6.46. The lowest BCUT2D eigenvalue weighted by Crippen LogP contribution is -2.47. The summed E-state index contributed by atoms with van der Waals surface area (Å²) < 4.78 is 0. The van der Waals surface area contributed by atoms with Gasteiger partial charge in [-0.15, -0.1) is 0 Å². The monoisotopic (exact) mass is 281 g/mol. The van der Waals surface area contributed by atoms with Crippen LogP contribution in [-0.4, -0.2) is 17.6 Å². The van der Waals surface area contributed by atoms with E-state index in [1.54, 1.807) is 12.1 Å². The highest BCUT2D eigenvalue weighted by molar-refractivity contribution is 5.98. The van der Waals surface area contributed by atoms with Crippen molar-refractivity contribution in [3.8, 4) is 5.75 Å². The lowest BCUT2D eigenvalue weighted by Gasteiger charge is -2.36. The van der Waals surface area contributed by atoms with Gasteiger partial charge in [0, 0.05) is 5.69 Å². The minimum absolute atomic E-state index is 0.253. The summed E-state index contributed by atoms with van der Waals surface area (Å²) in [6.45, 7) is 4.71. The zero-order valence-electron chi connectivity index (χ0n) is 12.2. The molecule has 3 rings (SSSR count). The summed E-state index contributed by atoms with van der Waals surface area (Å²) in [6, 6.07) is 15.5. The quantitative estimate of drug-likeness (QED) is 0.889. The van der Waals surface area contributed by atoms with Crippen LogP contribution in [0.5, 0.6) is 5.75 Å². The smallest absolute Gasteiger partial charge is 0.196 e. The van der Waals surface area contributed by atoms with Crippen LogP contribution in [0.2, 0.25) is 0 Å². The number of guanidine groups is 1. The van der Waals surface area contributed by atoms with E-state index in [0.717, 1.165) is 11.3 Å². The van der Waals surface area contributed by atoms with Crippen LogP contribution in [0.25, 0.3) is 0 Å². The van der Waals surface area contributed by atoms with Crippen LogP contribution < -0.4 is 10.6 Å². The zero-order valence-corrected chi connectivity index (χ0v) is 12.2. The van der Waals surface area contributed by atoms with E-state index in [1.165, 1.54) is 5.56 Å². The molecule has 4 nitrogen and oxygen atoms in total. The summed E-state index contributed by atoms with van der Waals surface area (Å²) >= 11 is 0. The van der Waals surface area contributed by atoms with E-state index in [2.05, 4.69) is 31.0 Å². The molecule has 0 saturated heterocycles. The number of hydrogen-bond acceptors (Lipinski definition) is 4. The van der Waals surface area contributed by atoms with Crippen molar-refractivity contribution >= 4 is 11.6 Å². The van der Waals surface area contributed by atoms with E-state index in [-0.39, 0.29) is 5.75 Å². The lowest BCUT2D eigenvalue weighted by atomic mass is 9.90. The van der Waals surface area contributed by atoms with Crippen molar-refractivity contribution in [3.05, 3.63) is 59.7 Å². The molecule has 0 fully saturated rings. The van der Waals surface area contributed by atoms with E-state index >= 15 is 0 Å². The van der Waals surface area contributed by atoms with E-state index in [1.807, 2.05) is 29.2 Å². The number of aromatic hydroxyl groups is 1. The molecule has 0 aliphatic carbocycles. The summed E-state index contributed by atoms with van der Waals surface area (Å²) in [6.07, 6.45) is 0. The first-order valence-corrected chi connectivity index (χ1v) is 6.97. The number of hydrogen-bond donors (Lipinski definition) is 2. The normalized spacial score (nSPS) is 21.4. The van der Waals surface area contributed by atoms with E-state index < -0.39 is 5.54 Å². The molecule has 0 radical (unpaired) electrons. The molecule has 3 N–H and O–H groups in total. The van der Waals surface area contributed by atoms with Gasteiger partial charge >= 0.3 is 0 Å². The van der Waals surface area contributed by atoms with Crippen molar-refractivity contribution in [2.24, 2.45) is 10.7 Å². The van der Waals surface area contributed by atoms with Gasteiger partial charge in [-0.3, -0.25) is 4.99 Å². The van der Waals surface area contributed by atoms with Gasteiger partial charge in [-0.05, 0) is 49.2 Å². The highest BCUT2D eigenvalue weighted by Gasteiger charge is 2.40. The summed E-state index contributed by atoms with van der Waals surface area (Å²) in [5.74, 6) is 0.759. The van der Waals surface area contributed by atoms with Crippen molar-refractivity contribution in [3.63, 3.8) is 0 Å². The number of rotatable bonds is 2. The number of phenols is 1. The van der Waals surface area contributed by atoms with Gasteiger partial charge in [0.1, 0.15) is 5.75 Å². The Hall–Kier alpha value is -2.49. The number of benzene rings is 2. The van der Waals surface area contributed by atoms with Gasteiger partial charge in [0.2, 0.25) is 0 Å². The first kappa shape index (κ1) is 13.5. The van der Waals surface area contributed by atoms with Crippen LogP contribution >= 0.6 is 0 Å². The second-order valence-electron chi connectivity index (χ2n) is 5.67. The molecule has 1 aliphatic heterocycles. The number of nitrogens with zero attached hydrogens (tertiary/aromatic N) is 2. The van der Waals surface area contributed by atoms with Gasteiger partial charge in [0.05, 0.1) is 12.1 Å². The fourth-order valence-electron chi connectivity index (χ4n) is 2.87. The SMILES string of the molecule is Cc1cccc(N2C(N)=NCC2(C)c2cccc(O)c2)c1. The molecule has 2 aromatic rings. The van der Waals surface area contributed by atoms with Gasteiger partial charge in [0.25, 0.3) is 0 Å². The molecule has 1 aliphatic rings. The maximum Gasteiger partial charge on any atom is 0.196 e. The Morgan fingerprint density at radius 2 is 1.95 bits per heavy atom. The number of anilines is 1. The maximum atomic E-state index is 9.77. The van der Waals surface area contributed by atoms with Gasteiger partial charge in [-0.25, -0.2) is 0 Å². The van der Waals surface area contributed by atoms with Crippen LogP contribution in [0, 0.1) is 6.92 Å². The summed E-state index contributed by atoms with van der Waals surface area (Å²) in [5.41, 5.74) is 8.91. The zero-order chi connectivity index (χ0) is 15.0. The molecule has 0 saturated carbocycles. The molecule has 4 heteroatoms.